The second-order valence-corrected chi connectivity index (χ2v) is 6.95. The molecule has 3 heterocycles. The van der Waals surface area contributed by atoms with Crippen LogP contribution >= 0.6 is 11.8 Å². The molecule has 2 unspecified atom stereocenters. The molecule has 2 aromatic heterocycles. The molecule has 1 N–H and O–H groups in total. The Morgan fingerprint density at radius 1 is 1.24 bits per heavy atom. The molecule has 7 heteroatoms. The van der Waals surface area contributed by atoms with Crippen LogP contribution in [0.3, 0.4) is 0 Å². The van der Waals surface area contributed by atoms with Crippen molar-refractivity contribution in [3.8, 4) is 5.75 Å². The van der Waals surface area contributed by atoms with E-state index in [1.54, 1.807) is 25.2 Å². The van der Waals surface area contributed by atoms with E-state index >= 15 is 0 Å². The Bertz CT molecular complexity index is 866. The van der Waals surface area contributed by atoms with Crippen molar-refractivity contribution in [3.63, 3.8) is 0 Å². The van der Waals surface area contributed by atoms with Gasteiger partial charge in [0, 0.05) is 11.1 Å². The maximum absolute atomic E-state index is 9.27. The Morgan fingerprint density at radius 3 is 2.80 bits per heavy atom. The lowest BCUT2D eigenvalue weighted by atomic mass is 10.2. The third-order valence-electron chi connectivity index (χ3n) is 4.35. The summed E-state index contributed by atoms with van der Waals surface area (Å²) in [6.07, 6.45) is 5.14. The maximum Gasteiger partial charge on any atom is 0.146 e. The van der Waals surface area contributed by atoms with E-state index < -0.39 is 0 Å². The second-order valence-electron chi connectivity index (χ2n) is 5.89. The van der Waals surface area contributed by atoms with Crippen LogP contribution in [-0.4, -0.2) is 39.5 Å². The number of aliphatic hydroxyl groups is 1. The molecule has 0 bridgehead atoms. The quantitative estimate of drug-likeness (QED) is 0.707. The van der Waals surface area contributed by atoms with Gasteiger partial charge in [0.2, 0.25) is 0 Å². The van der Waals surface area contributed by atoms with E-state index in [4.69, 9.17) is 9.47 Å². The molecule has 4 rings (SSSR count). The minimum Gasteiger partial charge on any atom is -0.497 e. The first-order valence-electron chi connectivity index (χ1n) is 8.18. The molecule has 1 fully saturated rings. The third-order valence-corrected chi connectivity index (χ3v) is 5.37. The first-order valence-corrected chi connectivity index (χ1v) is 9.00. The van der Waals surface area contributed by atoms with Crippen LogP contribution in [0.5, 0.6) is 5.75 Å². The number of aliphatic hydroxyl groups excluding tert-OH is 1. The van der Waals surface area contributed by atoms with Gasteiger partial charge in [0.15, 0.2) is 0 Å². The Morgan fingerprint density at radius 2 is 2.08 bits per heavy atom. The van der Waals surface area contributed by atoms with Gasteiger partial charge in [0.1, 0.15) is 29.0 Å². The molecular formula is C18H19N3O3S. The number of aromatic nitrogens is 3. The predicted molar refractivity (Wildman–Crippen MR) is 94.9 cm³/mol. The Hall–Kier alpha value is -2.09. The molecule has 0 saturated carbocycles. The number of rotatable bonds is 5. The molecule has 1 saturated heterocycles. The number of benzene rings is 1. The molecule has 3 aromatic rings. The number of fused-ring (bicyclic) bond motifs is 1. The van der Waals surface area contributed by atoms with Crippen molar-refractivity contribution in [1.29, 1.82) is 0 Å². The summed E-state index contributed by atoms with van der Waals surface area (Å²) >= 11 is 1.60. The largest absolute Gasteiger partial charge is 0.497 e. The lowest BCUT2D eigenvalue weighted by molar-refractivity contribution is -0.0204. The molecule has 1 aliphatic heterocycles. The van der Waals surface area contributed by atoms with Gasteiger partial charge in [-0.25, -0.2) is 9.97 Å². The van der Waals surface area contributed by atoms with Gasteiger partial charge in [0.25, 0.3) is 0 Å². The number of ether oxygens (including phenoxy) is 2. The van der Waals surface area contributed by atoms with Crippen molar-refractivity contribution in [3.05, 3.63) is 42.9 Å². The fourth-order valence-electron chi connectivity index (χ4n) is 3.04. The summed E-state index contributed by atoms with van der Waals surface area (Å²) < 4.78 is 13.1. The van der Waals surface area contributed by atoms with Crippen molar-refractivity contribution >= 4 is 22.8 Å². The topological polar surface area (TPSA) is 69.4 Å². The van der Waals surface area contributed by atoms with Crippen molar-refractivity contribution < 1.29 is 14.6 Å². The van der Waals surface area contributed by atoms with Crippen LogP contribution in [0.15, 0.2) is 52.8 Å². The van der Waals surface area contributed by atoms with Gasteiger partial charge in [-0.1, -0.05) is 11.8 Å². The summed E-state index contributed by atoms with van der Waals surface area (Å²) in [5.41, 5.74) is 0.856. The number of hydrogen-bond donors (Lipinski definition) is 1. The summed E-state index contributed by atoms with van der Waals surface area (Å²) in [5.74, 6) is 0.833. The average Bonchev–Trinajstić information content (AvgIpc) is 3.29. The first kappa shape index (κ1) is 16.4. The molecular weight excluding hydrogens is 338 g/mol. The molecule has 6 nitrogen and oxygen atoms in total. The standard InChI is InChI=1S/C18H19N3O3S/c1-23-12-2-5-14(6-3-12)25-18-15-8-9-21(17(15)19-11-20-18)16-7-4-13(10-22)24-16/h2-3,5-6,8-9,11,13,16,22H,4,7,10H2,1H3. The first-order chi connectivity index (χ1) is 12.3. The van der Waals surface area contributed by atoms with E-state index in [9.17, 15) is 5.11 Å². The van der Waals surface area contributed by atoms with Gasteiger partial charge in [-0.3, -0.25) is 0 Å². The van der Waals surface area contributed by atoms with Crippen molar-refractivity contribution in [1.82, 2.24) is 14.5 Å². The van der Waals surface area contributed by atoms with Gasteiger partial charge < -0.3 is 19.1 Å². The van der Waals surface area contributed by atoms with Gasteiger partial charge in [-0.15, -0.1) is 0 Å². The van der Waals surface area contributed by atoms with Crippen LogP contribution in [0.2, 0.25) is 0 Å². The minimum absolute atomic E-state index is 0.0588. The summed E-state index contributed by atoms with van der Waals surface area (Å²) in [4.78, 5) is 9.97. The maximum atomic E-state index is 9.27. The average molecular weight is 357 g/mol. The summed E-state index contributed by atoms with van der Waals surface area (Å²) in [5, 5.41) is 11.2. The fraction of sp³-hybridized carbons (Fsp3) is 0.333. The lowest BCUT2D eigenvalue weighted by Crippen LogP contribution is -2.14. The lowest BCUT2D eigenvalue weighted by Gasteiger charge is -2.14. The van der Waals surface area contributed by atoms with Crippen LogP contribution < -0.4 is 4.74 Å². The smallest absolute Gasteiger partial charge is 0.146 e. The predicted octanol–water partition coefficient (Wildman–Crippen LogP) is 3.26. The van der Waals surface area contributed by atoms with Gasteiger partial charge in [0.05, 0.1) is 25.2 Å². The molecule has 130 valence electrons. The minimum atomic E-state index is -0.0857. The zero-order valence-electron chi connectivity index (χ0n) is 13.8. The third kappa shape index (κ3) is 3.22. The monoisotopic (exact) mass is 357 g/mol. The molecule has 1 aliphatic rings. The summed E-state index contributed by atoms with van der Waals surface area (Å²) in [6.45, 7) is 0.0588. The normalized spacial score (nSPS) is 20.2. The van der Waals surface area contributed by atoms with Crippen LogP contribution in [0.4, 0.5) is 0 Å². The van der Waals surface area contributed by atoms with E-state index in [2.05, 4.69) is 9.97 Å². The van der Waals surface area contributed by atoms with E-state index in [1.165, 1.54) is 0 Å². The number of hydrogen-bond acceptors (Lipinski definition) is 6. The molecule has 0 radical (unpaired) electrons. The van der Waals surface area contributed by atoms with Crippen molar-refractivity contribution in [2.45, 2.75) is 35.1 Å². The Balaban J connectivity index is 1.62. The summed E-state index contributed by atoms with van der Waals surface area (Å²) in [7, 11) is 1.66. The zero-order valence-corrected chi connectivity index (χ0v) is 14.6. The zero-order chi connectivity index (χ0) is 17.2. The second kappa shape index (κ2) is 7.03. The number of methoxy groups -OCH3 is 1. The Labute approximate surface area is 149 Å². The highest BCUT2D eigenvalue weighted by atomic mass is 32.2. The van der Waals surface area contributed by atoms with E-state index in [-0.39, 0.29) is 18.9 Å². The van der Waals surface area contributed by atoms with Crippen molar-refractivity contribution in [2.75, 3.05) is 13.7 Å². The highest BCUT2D eigenvalue weighted by Crippen LogP contribution is 2.35. The summed E-state index contributed by atoms with van der Waals surface area (Å²) in [6, 6.07) is 9.93. The molecule has 0 amide bonds. The molecule has 0 aliphatic carbocycles. The number of nitrogens with zero attached hydrogens (tertiary/aromatic N) is 3. The molecule has 25 heavy (non-hydrogen) atoms. The fourth-order valence-corrected chi connectivity index (χ4v) is 3.91. The van der Waals surface area contributed by atoms with Crippen LogP contribution in [0.1, 0.15) is 19.1 Å². The highest BCUT2D eigenvalue weighted by Gasteiger charge is 2.27. The Kier molecular flexibility index (Phi) is 4.61. The van der Waals surface area contributed by atoms with Gasteiger partial charge in [-0.2, -0.15) is 0 Å². The molecule has 1 aromatic carbocycles. The molecule has 2 atom stereocenters. The van der Waals surface area contributed by atoms with E-state index in [0.717, 1.165) is 39.5 Å². The van der Waals surface area contributed by atoms with Crippen LogP contribution in [0, 0.1) is 0 Å². The van der Waals surface area contributed by atoms with Gasteiger partial charge in [-0.05, 0) is 43.2 Å². The van der Waals surface area contributed by atoms with Crippen molar-refractivity contribution in [2.24, 2.45) is 0 Å². The van der Waals surface area contributed by atoms with E-state index in [1.807, 2.05) is 41.1 Å². The van der Waals surface area contributed by atoms with Gasteiger partial charge >= 0.3 is 0 Å². The van der Waals surface area contributed by atoms with Crippen LogP contribution in [-0.2, 0) is 4.74 Å². The van der Waals surface area contributed by atoms with E-state index in [0.29, 0.717) is 0 Å². The SMILES string of the molecule is COc1ccc(Sc2ncnc3c2ccn3C2CCC(CO)O2)cc1. The van der Waals surface area contributed by atoms with Crippen LogP contribution in [0.25, 0.3) is 11.0 Å². The molecule has 0 spiro atoms. The highest BCUT2D eigenvalue weighted by molar-refractivity contribution is 7.99.